The van der Waals surface area contributed by atoms with Gasteiger partial charge in [0.25, 0.3) is 0 Å². The van der Waals surface area contributed by atoms with Crippen LogP contribution in [0.3, 0.4) is 0 Å². The third kappa shape index (κ3) is 4.53. The van der Waals surface area contributed by atoms with E-state index >= 15 is 0 Å². The molecular weight excluding hydrogens is 338 g/mol. The van der Waals surface area contributed by atoms with Crippen molar-refractivity contribution in [2.24, 2.45) is 23.5 Å². The molecule has 4 rings (SSSR count). The van der Waals surface area contributed by atoms with Gasteiger partial charge in [-0.1, -0.05) is 18.6 Å². The van der Waals surface area contributed by atoms with Gasteiger partial charge in [-0.15, -0.1) is 0 Å². The summed E-state index contributed by atoms with van der Waals surface area (Å²) < 4.78 is 0. The Balaban J connectivity index is 1.34. The molecule has 1 aliphatic heterocycles. The third-order valence-electron chi connectivity index (χ3n) is 6.94. The van der Waals surface area contributed by atoms with Crippen molar-refractivity contribution in [2.75, 3.05) is 18.4 Å². The van der Waals surface area contributed by atoms with E-state index in [0.29, 0.717) is 17.9 Å². The van der Waals surface area contributed by atoms with Crippen molar-refractivity contribution in [3.8, 4) is 0 Å². The van der Waals surface area contributed by atoms with Crippen molar-refractivity contribution in [2.45, 2.75) is 63.6 Å². The van der Waals surface area contributed by atoms with Gasteiger partial charge in [0.1, 0.15) is 0 Å². The predicted molar refractivity (Wildman–Crippen MR) is 107 cm³/mol. The number of aliphatic hydroxyl groups is 1. The molecule has 2 atom stereocenters. The fourth-order valence-electron chi connectivity index (χ4n) is 5.33. The Morgan fingerprint density at radius 1 is 1.15 bits per heavy atom. The highest BCUT2D eigenvalue weighted by Crippen LogP contribution is 2.42. The number of nitrogens with zero attached hydrogens (tertiary/aromatic N) is 1. The minimum Gasteiger partial charge on any atom is -0.393 e. The number of carbonyl (C=O) groups is 1. The molecule has 1 aromatic rings. The minimum atomic E-state index is -0.144. The van der Waals surface area contributed by atoms with Gasteiger partial charge < -0.3 is 16.2 Å². The number of aliphatic hydroxyl groups excluding tert-OH is 1. The van der Waals surface area contributed by atoms with Crippen LogP contribution >= 0.6 is 0 Å². The maximum atomic E-state index is 12.9. The van der Waals surface area contributed by atoms with Crippen molar-refractivity contribution in [3.05, 3.63) is 29.8 Å². The van der Waals surface area contributed by atoms with E-state index in [2.05, 4.69) is 22.3 Å². The Labute approximate surface area is 162 Å². The van der Waals surface area contributed by atoms with Crippen LogP contribution in [0.5, 0.6) is 0 Å². The second-order valence-electron chi connectivity index (χ2n) is 8.89. The number of hydrogen-bond donors (Lipinski definition) is 3. The summed E-state index contributed by atoms with van der Waals surface area (Å²) >= 11 is 0. The van der Waals surface area contributed by atoms with Crippen molar-refractivity contribution < 1.29 is 9.90 Å². The van der Waals surface area contributed by atoms with Gasteiger partial charge in [0.15, 0.2) is 0 Å². The molecule has 2 unspecified atom stereocenters. The summed E-state index contributed by atoms with van der Waals surface area (Å²) in [6.07, 6.45) is 7.08. The van der Waals surface area contributed by atoms with E-state index < -0.39 is 0 Å². The minimum absolute atomic E-state index is 0.104. The molecule has 148 valence electrons. The molecule has 5 heteroatoms. The Morgan fingerprint density at radius 2 is 1.85 bits per heavy atom. The Morgan fingerprint density at radius 3 is 2.56 bits per heavy atom. The highest BCUT2D eigenvalue weighted by atomic mass is 16.3. The lowest BCUT2D eigenvalue weighted by molar-refractivity contribution is -0.122. The molecule has 1 aromatic carbocycles. The largest absolute Gasteiger partial charge is 0.393 e. The van der Waals surface area contributed by atoms with Gasteiger partial charge in [-0.3, -0.25) is 9.69 Å². The zero-order chi connectivity index (χ0) is 18.8. The van der Waals surface area contributed by atoms with Crippen LogP contribution in [0.2, 0.25) is 0 Å². The molecule has 0 radical (unpaired) electrons. The smallest absolute Gasteiger partial charge is 0.227 e. The quantitative estimate of drug-likeness (QED) is 0.760. The number of nitrogens with one attached hydrogen (secondary N) is 1. The Hall–Kier alpha value is -1.43. The summed E-state index contributed by atoms with van der Waals surface area (Å²) in [4.78, 5) is 15.2. The van der Waals surface area contributed by atoms with Crippen LogP contribution < -0.4 is 11.1 Å². The fraction of sp³-hybridized carbons (Fsp3) is 0.682. The first-order valence-electron chi connectivity index (χ1n) is 10.6. The average Bonchev–Trinajstić information content (AvgIpc) is 2.64. The maximum absolute atomic E-state index is 12.9. The van der Waals surface area contributed by atoms with Crippen molar-refractivity contribution in [3.63, 3.8) is 0 Å². The second-order valence-corrected chi connectivity index (χ2v) is 8.89. The molecule has 2 bridgehead atoms. The predicted octanol–water partition coefficient (Wildman–Crippen LogP) is 2.74. The SMILES string of the molecule is NC1C2CCCC1CC(C(=O)Nc1cccc(CN3CCC(O)CC3)c1)C2. The maximum Gasteiger partial charge on any atom is 0.227 e. The standard InChI is InChI=1S/C22H33N3O2/c23-21-16-4-2-5-17(21)13-18(12-16)22(27)24-19-6-1-3-15(11-19)14-25-9-7-20(26)8-10-25/h1,3,6,11,16-18,20-21,26H,2,4-5,7-10,12-14,23H2,(H,24,27). The number of nitrogens with two attached hydrogens (primary N) is 1. The number of amides is 1. The molecule has 1 amide bonds. The molecule has 5 nitrogen and oxygen atoms in total. The van der Waals surface area contributed by atoms with Crippen LogP contribution in [-0.4, -0.2) is 41.1 Å². The lowest BCUT2D eigenvalue weighted by Crippen LogP contribution is -2.48. The molecule has 0 aromatic heterocycles. The normalized spacial score (nSPS) is 32.2. The number of benzene rings is 1. The molecule has 3 aliphatic rings. The molecule has 1 heterocycles. The number of carbonyl (C=O) groups excluding carboxylic acids is 1. The first-order chi connectivity index (χ1) is 13.1. The zero-order valence-corrected chi connectivity index (χ0v) is 16.1. The number of fused-ring (bicyclic) bond motifs is 2. The Bertz CT molecular complexity index is 643. The van der Waals surface area contributed by atoms with Gasteiger partial charge in [-0.05, 0) is 68.1 Å². The number of likely N-dealkylation sites (tertiary alicyclic amines) is 1. The van der Waals surface area contributed by atoms with E-state index in [1.54, 1.807) is 0 Å². The summed E-state index contributed by atoms with van der Waals surface area (Å²) in [6, 6.07) is 8.52. The summed E-state index contributed by atoms with van der Waals surface area (Å²) in [7, 11) is 0. The van der Waals surface area contributed by atoms with Crippen LogP contribution in [0.25, 0.3) is 0 Å². The van der Waals surface area contributed by atoms with E-state index in [0.717, 1.165) is 51.0 Å². The highest BCUT2D eigenvalue weighted by Gasteiger charge is 2.40. The van der Waals surface area contributed by atoms with E-state index in [-0.39, 0.29) is 17.9 Å². The lowest BCUT2D eigenvalue weighted by atomic mass is 9.65. The summed E-state index contributed by atoms with van der Waals surface area (Å²) in [5, 5.41) is 12.8. The van der Waals surface area contributed by atoms with E-state index in [9.17, 15) is 9.90 Å². The molecule has 0 spiro atoms. The van der Waals surface area contributed by atoms with Gasteiger partial charge in [0.2, 0.25) is 5.91 Å². The van der Waals surface area contributed by atoms with Crippen LogP contribution in [0.15, 0.2) is 24.3 Å². The lowest BCUT2D eigenvalue weighted by Gasteiger charge is -2.43. The van der Waals surface area contributed by atoms with Crippen LogP contribution in [0.1, 0.15) is 50.5 Å². The molecular formula is C22H33N3O2. The van der Waals surface area contributed by atoms with Crippen molar-refractivity contribution in [1.82, 2.24) is 4.90 Å². The van der Waals surface area contributed by atoms with Crippen LogP contribution in [0.4, 0.5) is 5.69 Å². The first-order valence-corrected chi connectivity index (χ1v) is 10.6. The second kappa shape index (κ2) is 8.29. The zero-order valence-electron chi connectivity index (χ0n) is 16.1. The van der Waals surface area contributed by atoms with Gasteiger partial charge in [-0.2, -0.15) is 0 Å². The Kier molecular flexibility index (Phi) is 5.81. The van der Waals surface area contributed by atoms with Gasteiger partial charge >= 0.3 is 0 Å². The molecule has 2 saturated carbocycles. The molecule has 27 heavy (non-hydrogen) atoms. The van der Waals surface area contributed by atoms with Crippen LogP contribution in [0, 0.1) is 17.8 Å². The monoisotopic (exact) mass is 371 g/mol. The van der Waals surface area contributed by atoms with Gasteiger partial charge in [-0.25, -0.2) is 0 Å². The molecule has 4 N–H and O–H groups in total. The molecule has 1 saturated heterocycles. The van der Waals surface area contributed by atoms with Crippen LogP contribution in [-0.2, 0) is 11.3 Å². The van der Waals surface area contributed by atoms with Crippen molar-refractivity contribution in [1.29, 1.82) is 0 Å². The van der Waals surface area contributed by atoms with E-state index in [1.807, 2.05) is 12.1 Å². The number of hydrogen-bond acceptors (Lipinski definition) is 4. The third-order valence-corrected chi connectivity index (χ3v) is 6.94. The van der Waals surface area contributed by atoms with E-state index in [4.69, 9.17) is 5.73 Å². The number of rotatable bonds is 4. The highest BCUT2D eigenvalue weighted by molar-refractivity contribution is 5.92. The fourth-order valence-corrected chi connectivity index (χ4v) is 5.33. The molecule has 2 aliphatic carbocycles. The topological polar surface area (TPSA) is 78.6 Å². The van der Waals surface area contributed by atoms with Gasteiger partial charge in [0.05, 0.1) is 6.10 Å². The number of piperidine rings is 1. The first kappa shape index (κ1) is 18.9. The van der Waals surface area contributed by atoms with E-state index in [1.165, 1.54) is 24.8 Å². The summed E-state index contributed by atoms with van der Waals surface area (Å²) in [6.45, 7) is 2.74. The molecule has 3 fully saturated rings. The average molecular weight is 372 g/mol. The number of anilines is 1. The summed E-state index contributed by atoms with van der Waals surface area (Å²) in [5.74, 6) is 1.31. The van der Waals surface area contributed by atoms with Crippen molar-refractivity contribution >= 4 is 11.6 Å². The summed E-state index contributed by atoms with van der Waals surface area (Å²) in [5.41, 5.74) is 8.48. The van der Waals surface area contributed by atoms with Gasteiger partial charge in [0, 0.05) is 37.3 Å².